The number of benzene rings is 1. The highest BCUT2D eigenvalue weighted by Crippen LogP contribution is 2.20. The van der Waals surface area contributed by atoms with Crippen LogP contribution in [-0.4, -0.2) is 71.0 Å². The Kier molecular flexibility index (Phi) is 11.8. The van der Waals surface area contributed by atoms with E-state index in [1.807, 2.05) is 44.2 Å². The van der Waals surface area contributed by atoms with E-state index in [1.54, 1.807) is 0 Å². The van der Waals surface area contributed by atoms with E-state index < -0.39 is 47.9 Å². The predicted molar refractivity (Wildman–Crippen MR) is 137 cm³/mol. The Morgan fingerprint density at radius 2 is 1.75 bits per heavy atom. The van der Waals surface area contributed by atoms with Gasteiger partial charge in [0.15, 0.2) is 0 Å². The number of amides is 3. The molecule has 1 heterocycles. The summed E-state index contributed by atoms with van der Waals surface area (Å²) in [5.41, 5.74) is 12.5. The molecule has 1 aliphatic heterocycles. The van der Waals surface area contributed by atoms with Crippen LogP contribution in [0.25, 0.3) is 0 Å². The molecule has 5 atom stereocenters. The molecule has 1 fully saturated rings. The number of carbonyl (C=O) groups is 4. The predicted octanol–water partition coefficient (Wildman–Crippen LogP) is 0.777. The molecule has 0 aromatic heterocycles. The van der Waals surface area contributed by atoms with E-state index in [9.17, 15) is 24.3 Å². The van der Waals surface area contributed by atoms with Crippen molar-refractivity contribution in [3.05, 3.63) is 35.9 Å². The summed E-state index contributed by atoms with van der Waals surface area (Å²) in [6, 6.07) is 5.66. The number of aliphatic carboxylic acids is 1. The van der Waals surface area contributed by atoms with Crippen molar-refractivity contribution in [2.24, 2.45) is 17.4 Å². The van der Waals surface area contributed by atoms with Crippen molar-refractivity contribution in [2.75, 3.05) is 13.1 Å². The van der Waals surface area contributed by atoms with E-state index in [4.69, 9.17) is 11.5 Å². The number of nitrogens with two attached hydrogens (primary N) is 2. The molecule has 1 aromatic carbocycles. The van der Waals surface area contributed by atoms with E-state index in [2.05, 4.69) is 10.6 Å². The maximum absolute atomic E-state index is 13.5. The number of nitrogens with zero attached hydrogens (tertiary/aromatic N) is 1. The van der Waals surface area contributed by atoms with Crippen molar-refractivity contribution in [1.82, 2.24) is 15.5 Å². The maximum atomic E-state index is 13.5. The minimum absolute atomic E-state index is 0.0618. The number of carboxylic acids is 1. The Labute approximate surface area is 213 Å². The first kappa shape index (κ1) is 29.3. The molecule has 1 aliphatic rings. The monoisotopic (exact) mass is 503 g/mol. The minimum Gasteiger partial charge on any atom is -0.480 e. The SMILES string of the molecule is CCC(C)C(N)C(=O)NC(CCCCN)C(=O)NC(Cc1ccccc1)C(=O)N1CCCC1C(=O)O. The van der Waals surface area contributed by atoms with Gasteiger partial charge in [0.05, 0.1) is 6.04 Å². The molecule has 5 unspecified atom stereocenters. The number of nitrogens with one attached hydrogen (secondary N) is 2. The standard InChI is InChI=1S/C26H41N5O5/c1-3-17(2)22(28)24(33)29-19(12-7-8-14-27)23(32)30-20(16-18-10-5-4-6-11-18)25(34)31-15-9-13-21(31)26(35)36/h4-6,10-11,17,19-22H,3,7-9,12-16,27-28H2,1-2H3,(H,29,33)(H,30,32)(H,35,36). The summed E-state index contributed by atoms with van der Waals surface area (Å²) < 4.78 is 0. The van der Waals surface area contributed by atoms with E-state index in [-0.39, 0.29) is 12.3 Å². The molecular weight excluding hydrogens is 462 g/mol. The van der Waals surface area contributed by atoms with Crippen LogP contribution in [-0.2, 0) is 25.6 Å². The van der Waals surface area contributed by atoms with E-state index in [0.717, 1.165) is 5.56 Å². The normalized spacial score (nSPS) is 18.7. The Morgan fingerprint density at radius 3 is 2.36 bits per heavy atom. The van der Waals surface area contributed by atoms with Crippen LogP contribution in [0.1, 0.15) is 57.9 Å². The van der Waals surface area contributed by atoms with Crippen LogP contribution in [0.5, 0.6) is 0 Å². The van der Waals surface area contributed by atoms with Crippen LogP contribution >= 0.6 is 0 Å². The van der Waals surface area contributed by atoms with Gasteiger partial charge in [-0.1, -0.05) is 50.6 Å². The fraction of sp³-hybridized carbons (Fsp3) is 0.615. The molecule has 2 rings (SSSR count). The summed E-state index contributed by atoms with van der Waals surface area (Å²) in [6.45, 7) is 4.58. The summed E-state index contributed by atoms with van der Waals surface area (Å²) in [6.07, 6.45) is 3.50. The molecule has 0 saturated carbocycles. The van der Waals surface area contributed by atoms with Crippen LogP contribution in [0.4, 0.5) is 0 Å². The topological polar surface area (TPSA) is 168 Å². The van der Waals surface area contributed by atoms with Crippen molar-refractivity contribution in [1.29, 1.82) is 0 Å². The van der Waals surface area contributed by atoms with Crippen LogP contribution in [0.3, 0.4) is 0 Å². The number of unbranched alkanes of at least 4 members (excludes halogenated alkanes) is 1. The molecule has 1 saturated heterocycles. The second-order valence-electron chi connectivity index (χ2n) is 9.54. The zero-order chi connectivity index (χ0) is 26.7. The van der Waals surface area contributed by atoms with Gasteiger partial charge in [-0.25, -0.2) is 4.79 Å². The summed E-state index contributed by atoms with van der Waals surface area (Å²) in [7, 11) is 0. The number of hydrogen-bond acceptors (Lipinski definition) is 6. The molecule has 10 nitrogen and oxygen atoms in total. The number of carboxylic acid groups (broad SMARTS) is 1. The second kappa shape index (κ2) is 14.5. The molecule has 3 amide bonds. The first-order chi connectivity index (χ1) is 17.2. The van der Waals surface area contributed by atoms with Gasteiger partial charge in [0.25, 0.3) is 0 Å². The zero-order valence-corrected chi connectivity index (χ0v) is 21.3. The fourth-order valence-corrected chi connectivity index (χ4v) is 4.35. The highest BCUT2D eigenvalue weighted by atomic mass is 16.4. The average Bonchev–Trinajstić information content (AvgIpc) is 3.37. The molecule has 0 spiro atoms. The Morgan fingerprint density at radius 1 is 1.08 bits per heavy atom. The molecule has 7 N–H and O–H groups in total. The third-order valence-electron chi connectivity index (χ3n) is 6.86. The van der Waals surface area contributed by atoms with Gasteiger partial charge in [-0.15, -0.1) is 0 Å². The van der Waals surface area contributed by atoms with Crippen LogP contribution in [0, 0.1) is 5.92 Å². The Balaban J connectivity index is 2.24. The van der Waals surface area contributed by atoms with Gasteiger partial charge >= 0.3 is 5.97 Å². The molecule has 200 valence electrons. The first-order valence-corrected chi connectivity index (χ1v) is 12.8. The van der Waals surface area contributed by atoms with Gasteiger partial charge in [-0.2, -0.15) is 0 Å². The van der Waals surface area contributed by atoms with Crippen molar-refractivity contribution < 1.29 is 24.3 Å². The molecule has 0 bridgehead atoms. The summed E-state index contributed by atoms with van der Waals surface area (Å²) in [5.74, 6) is -2.49. The molecular formula is C26H41N5O5. The van der Waals surface area contributed by atoms with E-state index >= 15 is 0 Å². The van der Waals surface area contributed by atoms with Gasteiger partial charge in [-0.3, -0.25) is 14.4 Å². The zero-order valence-electron chi connectivity index (χ0n) is 21.3. The van der Waals surface area contributed by atoms with Crippen LogP contribution in [0.15, 0.2) is 30.3 Å². The Hall–Kier alpha value is -2.98. The minimum atomic E-state index is -1.06. The van der Waals surface area contributed by atoms with Gasteiger partial charge in [-0.05, 0) is 50.1 Å². The summed E-state index contributed by atoms with van der Waals surface area (Å²) in [4.78, 5) is 52.6. The quantitative estimate of drug-likeness (QED) is 0.234. The van der Waals surface area contributed by atoms with E-state index in [1.165, 1.54) is 4.90 Å². The lowest BCUT2D eigenvalue weighted by Gasteiger charge is -2.29. The highest BCUT2D eigenvalue weighted by Gasteiger charge is 2.38. The lowest BCUT2D eigenvalue weighted by atomic mass is 9.98. The number of likely N-dealkylation sites (tertiary alicyclic amines) is 1. The van der Waals surface area contributed by atoms with Gasteiger partial charge in [0.1, 0.15) is 18.1 Å². The molecule has 0 radical (unpaired) electrons. The third kappa shape index (κ3) is 8.30. The van der Waals surface area contributed by atoms with Gasteiger partial charge in [0, 0.05) is 13.0 Å². The van der Waals surface area contributed by atoms with Crippen LogP contribution < -0.4 is 22.1 Å². The summed E-state index contributed by atoms with van der Waals surface area (Å²) in [5, 5.41) is 15.1. The first-order valence-electron chi connectivity index (χ1n) is 12.8. The van der Waals surface area contributed by atoms with Crippen molar-refractivity contribution >= 4 is 23.7 Å². The third-order valence-corrected chi connectivity index (χ3v) is 6.86. The van der Waals surface area contributed by atoms with Crippen molar-refractivity contribution in [2.45, 2.75) is 83.0 Å². The molecule has 36 heavy (non-hydrogen) atoms. The number of hydrogen-bond donors (Lipinski definition) is 5. The van der Waals surface area contributed by atoms with Gasteiger partial charge in [0.2, 0.25) is 17.7 Å². The summed E-state index contributed by atoms with van der Waals surface area (Å²) >= 11 is 0. The lowest BCUT2D eigenvalue weighted by Crippen LogP contribution is -2.58. The molecule has 10 heteroatoms. The van der Waals surface area contributed by atoms with Crippen molar-refractivity contribution in [3.63, 3.8) is 0 Å². The Bertz CT molecular complexity index is 881. The van der Waals surface area contributed by atoms with Crippen LogP contribution in [0.2, 0.25) is 0 Å². The highest BCUT2D eigenvalue weighted by molar-refractivity contribution is 5.94. The lowest BCUT2D eigenvalue weighted by molar-refractivity contribution is -0.149. The molecule has 1 aromatic rings. The van der Waals surface area contributed by atoms with Crippen molar-refractivity contribution in [3.8, 4) is 0 Å². The number of carbonyl (C=O) groups excluding carboxylic acids is 3. The maximum Gasteiger partial charge on any atom is 0.326 e. The average molecular weight is 504 g/mol. The fourth-order valence-electron chi connectivity index (χ4n) is 4.35. The largest absolute Gasteiger partial charge is 0.480 e. The van der Waals surface area contributed by atoms with E-state index in [0.29, 0.717) is 51.6 Å². The number of rotatable bonds is 14. The smallest absolute Gasteiger partial charge is 0.326 e. The molecule has 0 aliphatic carbocycles. The second-order valence-corrected chi connectivity index (χ2v) is 9.54. The van der Waals surface area contributed by atoms with Gasteiger partial charge < -0.3 is 32.1 Å².